The highest BCUT2D eigenvalue weighted by molar-refractivity contribution is 7.92. The van der Waals surface area contributed by atoms with Crippen LogP contribution < -0.4 is 5.32 Å². The Balaban J connectivity index is 2.03. The largest absolute Gasteiger partial charge is 0.387 e. The van der Waals surface area contributed by atoms with Crippen molar-refractivity contribution in [3.05, 3.63) is 0 Å². The summed E-state index contributed by atoms with van der Waals surface area (Å²) in [6, 6.07) is 0. The van der Waals surface area contributed by atoms with Crippen LogP contribution in [0.5, 0.6) is 0 Å². The van der Waals surface area contributed by atoms with Crippen LogP contribution >= 0.6 is 0 Å². The van der Waals surface area contributed by atoms with Gasteiger partial charge in [-0.1, -0.05) is 0 Å². The molecule has 9 heteroatoms. The van der Waals surface area contributed by atoms with E-state index < -0.39 is 30.7 Å². The molecule has 118 valence electrons. The summed E-state index contributed by atoms with van der Waals surface area (Å²) in [5, 5.41) is 12.6. The van der Waals surface area contributed by atoms with E-state index in [-0.39, 0.29) is 30.9 Å². The molecule has 2 aliphatic rings. The van der Waals surface area contributed by atoms with Crippen molar-refractivity contribution < 1.29 is 21.9 Å². The highest BCUT2D eigenvalue weighted by atomic mass is 32.2. The van der Waals surface area contributed by atoms with Crippen LogP contribution in [0.4, 0.5) is 0 Å². The molecule has 7 nitrogen and oxygen atoms in total. The fourth-order valence-electron chi connectivity index (χ4n) is 2.79. The zero-order chi connectivity index (χ0) is 15.0. The lowest BCUT2D eigenvalue weighted by molar-refractivity contribution is 0.0460. The molecule has 0 saturated carbocycles. The van der Waals surface area contributed by atoms with E-state index in [0.29, 0.717) is 19.5 Å². The summed E-state index contributed by atoms with van der Waals surface area (Å²) in [4.78, 5) is 0. The van der Waals surface area contributed by atoms with Crippen LogP contribution in [0.25, 0.3) is 0 Å². The number of rotatable bonds is 4. The van der Waals surface area contributed by atoms with Gasteiger partial charge in [0.2, 0.25) is 10.0 Å². The predicted molar refractivity (Wildman–Crippen MR) is 75.7 cm³/mol. The van der Waals surface area contributed by atoms with E-state index in [1.807, 2.05) is 0 Å². The topological polar surface area (TPSA) is 104 Å². The number of sulfonamides is 1. The average molecular weight is 326 g/mol. The zero-order valence-corrected chi connectivity index (χ0v) is 13.2. The highest BCUT2D eigenvalue weighted by Gasteiger charge is 2.40. The number of nitrogens with one attached hydrogen (secondary N) is 1. The fourth-order valence-corrected chi connectivity index (χ4v) is 6.34. The van der Waals surface area contributed by atoms with Crippen LogP contribution in [-0.2, 0) is 19.9 Å². The maximum atomic E-state index is 12.4. The van der Waals surface area contributed by atoms with Gasteiger partial charge in [-0.2, -0.15) is 0 Å². The van der Waals surface area contributed by atoms with Crippen LogP contribution in [0, 0.1) is 0 Å². The SMILES string of the molecule is CN(CC1(O)CCNC1)S(=O)(=O)C1CCS(=O)(=O)CC1. The molecule has 0 radical (unpaired) electrons. The van der Waals surface area contributed by atoms with Gasteiger partial charge in [0.15, 0.2) is 0 Å². The smallest absolute Gasteiger partial charge is 0.216 e. The maximum Gasteiger partial charge on any atom is 0.216 e. The molecule has 1 unspecified atom stereocenters. The number of likely N-dealkylation sites (N-methyl/N-ethyl adjacent to an activating group) is 1. The summed E-state index contributed by atoms with van der Waals surface area (Å²) in [7, 11) is -5.18. The summed E-state index contributed by atoms with van der Waals surface area (Å²) in [5.74, 6) is -0.146. The number of hydrogen-bond donors (Lipinski definition) is 2. The molecule has 0 amide bonds. The standard InChI is InChI=1S/C11H22N2O5S2/c1-13(9-11(14)4-5-12-8-11)20(17,18)10-2-6-19(15,16)7-3-10/h10,12,14H,2-9H2,1H3. The van der Waals surface area contributed by atoms with Crippen molar-refractivity contribution in [3.8, 4) is 0 Å². The van der Waals surface area contributed by atoms with Gasteiger partial charge in [-0.25, -0.2) is 21.1 Å². The van der Waals surface area contributed by atoms with E-state index in [4.69, 9.17) is 0 Å². The van der Waals surface area contributed by atoms with Gasteiger partial charge in [0, 0.05) is 20.1 Å². The van der Waals surface area contributed by atoms with Crippen molar-refractivity contribution >= 4 is 19.9 Å². The molecular weight excluding hydrogens is 304 g/mol. The molecule has 0 aromatic carbocycles. The van der Waals surface area contributed by atoms with E-state index in [1.165, 1.54) is 11.4 Å². The first-order valence-electron chi connectivity index (χ1n) is 6.73. The van der Waals surface area contributed by atoms with Crippen LogP contribution in [0.1, 0.15) is 19.3 Å². The lowest BCUT2D eigenvalue weighted by Crippen LogP contribution is -2.49. The minimum atomic E-state index is -3.56. The molecule has 2 N–H and O–H groups in total. The van der Waals surface area contributed by atoms with Gasteiger partial charge in [0.05, 0.1) is 22.4 Å². The van der Waals surface area contributed by atoms with E-state index in [0.717, 1.165) is 0 Å². The van der Waals surface area contributed by atoms with E-state index in [9.17, 15) is 21.9 Å². The molecule has 2 aliphatic heterocycles. The normalized spacial score (nSPS) is 31.8. The Bertz CT molecular complexity index is 537. The Hall–Kier alpha value is -0.220. The number of nitrogens with zero attached hydrogens (tertiary/aromatic N) is 1. The molecule has 2 saturated heterocycles. The van der Waals surface area contributed by atoms with Gasteiger partial charge in [0.25, 0.3) is 0 Å². The van der Waals surface area contributed by atoms with Gasteiger partial charge in [-0.05, 0) is 25.8 Å². The minimum Gasteiger partial charge on any atom is -0.387 e. The van der Waals surface area contributed by atoms with Gasteiger partial charge >= 0.3 is 0 Å². The number of hydrogen-bond acceptors (Lipinski definition) is 6. The van der Waals surface area contributed by atoms with Crippen LogP contribution in [0.15, 0.2) is 0 Å². The summed E-state index contributed by atoms with van der Waals surface area (Å²) in [5.41, 5.74) is -1.03. The molecule has 0 aromatic heterocycles. The van der Waals surface area contributed by atoms with Gasteiger partial charge in [0.1, 0.15) is 9.84 Å². The second kappa shape index (κ2) is 5.53. The van der Waals surface area contributed by atoms with Gasteiger partial charge in [-0.15, -0.1) is 0 Å². The average Bonchev–Trinajstić information content (AvgIpc) is 2.75. The third kappa shape index (κ3) is 3.51. The second-order valence-corrected chi connectivity index (χ2v) is 10.4. The molecular formula is C11H22N2O5S2. The molecule has 2 heterocycles. The Labute approximate surface area is 120 Å². The van der Waals surface area contributed by atoms with Crippen molar-refractivity contribution in [2.45, 2.75) is 30.1 Å². The number of aliphatic hydroxyl groups is 1. The zero-order valence-electron chi connectivity index (χ0n) is 11.6. The summed E-state index contributed by atoms with van der Waals surface area (Å²) in [6.45, 7) is 1.10. The Morgan fingerprint density at radius 1 is 1.35 bits per heavy atom. The van der Waals surface area contributed by atoms with Crippen molar-refractivity contribution in [1.29, 1.82) is 0 Å². The number of β-amino-alcohol motifs (C(OH)–C–C–N with tert-alkyl or cyclic N) is 1. The highest BCUT2D eigenvalue weighted by Crippen LogP contribution is 2.24. The molecule has 0 bridgehead atoms. The lowest BCUT2D eigenvalue weighted by Gasteiger charge is -2.31. The first kappa shape index (κ1) is 16.2. The van der Waals surface area contributed by atoms with Crippen molar-refractivity contribution in [1.82, 2.24) is 9.62 Å². The minimum absolute atomic E-state index is 0.0472. The molecule has 0 spiro atoms. The van der Waals surface area contributed by atoms with Crippen molar-refractivity contribution in [2.75, 3.05) is 38.2 Å². The fraction of sp³-hybridized carbons (Fsp3) is 1.00. The summed E-state index contributed by atoms with van der Waals surface area (Å²) >= 11 is 0. The summed E-state index contributed by atoms with van der Waals surface area (Å²) in [6.07, 6.45) is 0.809. The quantitative estimate of drug-likeness (QED) is 0.655. The van der Waals surface area contributed by atoms with Crippen LogP contribution in [-0.4, -0.2) is 75.3 Å². The van der Waals surface area contributed by atoms with Crippen molar-refractivity contribution in [2.24, 2.45) is 0 Å². The Morgan fingerprint density at radius 3 is 2.45 bits per heavy atom. The Kier molecular flexibility index (Phi) is 4.46. The van der Waals surface area contributed by atoms with E-state index in [2.05, 4.69) is 5.32 Å². The van der Waals surface area contributed by atoms with Crippen LogP contribution in [0.2, 0.25) is 0 Å². The molecule has 2 rings (SSSR count). The molecule has 0 aromatic rings. The third-order valence-corrected chi connectivity index (χ3v) is 8.12. The third-order valence-electron chi connectivity index (χ3n) is 4.10. The van der Waals surface area contributed by atoms with Crippen LogP contribution in [0.3, 0.4) is 0 Å². The second-order valence-electron chi connectivity index (χ2n) is 5.80. The first-order chi connectivity index (χ1) is 9.15. The molecule has 20 heavy (non-hydrogen) atoms. The maximum absolute atomic E-state index is 12.4. The van der Waals surface area contributed by atoms with Gasteiger partial charge < -0.3 is 10.4 Å². The molecule has 0 aliphatic carbocycles. The Morgan fingerprint density at radius 2 is 1.95 bits per heavy atom. The molecule has 1 atom stereocenters. The number of sulfone groups is 1. The van der Waals surface area contributed by atoms with E-state index >= 15 is 0 Å². The monoisotopic (exact) mass is 326 g/mol. The lowest BCUT2D eigenvalue weighted by atomic mass is 10.0. The summed E-state index contributed by atoms with van der Waals surface area (Å²) < 4.78 is 48.8. The van der Waals surface area contributed by atoms with Gasteiger partial charge in [-0.3, -0.25) is 0 Å². The first-order valence-corrected chi connectivity index (χ1v) is 10.1. The van der Waals surface area contributed by atoms with E-state index in [1.54, 1.807) is 0 Å². The van der Waals surface area contributed by atoms with Crippen molar-refractivity contribution in [3.63, 3.8) is 0 Å². The molecule has 2 fully saturated rings. The predicted octanol–water partition coefficient (Wildman–Crippen LogP) is -1.45.